The molecule has 0 bridgehead atoms. The molecule has 0 amide bonds. The van der Waals surface area contributed by atoms with Crippen LogP contribution in [0.2, 0.25) is 0 Å². The van der Waals surface area contributed by atoms with Gasteiger partial charge >= 0.3 is 0 Å². The van der Waals surface area contributed by atoms with E-state index in [9.17, 15) is 4.79 Å². The molecule has 1 atom stereocenters. The summed E-state index contributed by atoms with van der Waals surface area (Å²) in [6.45, 7) is 5.98. The zero-order valence-corrected chi connectivity index (χ0v) is 12.8. The zero-order valence-electron chi connectivity index (χ0n) is 12.8. The Balaban J connectivity index is 2.20. The van der Waals surface area contributed by atoms with E-state index in [-0.39, 0.29) is 5.41 Å². The van der Waals surface area contributed by atoms with Gasteiger partial charge in [0.2, 0.25) is 0 Å². The van der Waals surface area contributed by atoms with Crippen molar-refractivity contribution in [3.8, 4) is 5.75 Å². The first kappa shape index (κ1) is 15.0. The van der Waals surface area contributed by atoms with Crippen molar-refractivity contribution in [2.45, 2.75) is 39.5 Å². The number of carbonyl (C=O) groups excluding carboxylic acids is 1. The summed E-state index contributed by atoms with van der Waals surface area (Å²) in [7, 11) is 1.66. The van der Waals surface area contributed by atoms with Gasteiger partial charge in [-0.2, -0.15) is 0 Å². The molecule has 3 heteroatoms. The summed E-state index contributed by atoms with van der Waals surface area (Å²) in [5.41, 5.74) is 2.02. The molecule has 110 valence electrons. The van der Waals surface area contributed by atoms with Gasteiger partial charge in [-0.1, -0.05) is 31.0 Å². The van der Waals surface area contributed by atoms with Gasteiger partial charge in [0.1, 0.15) is 11.5 Å². The van der Waals surface area contributed by atoms with E-state index in [0.717, 1.165) is 43.7 Å². The van der Waals surface area contributed by atoms with E-state index in [1.54, 1.807) is 7.11 Å². The van der Waals surface area contributed by atoms with Gasteiger partial charge < -0.3 is 10.1 Å². The fourth-order valence-corrected chi connectivity index (χ4v) is 3.22. The smallest absolute Gasteiger partial charge is 0.144 e. The Hall–Kier alpha value is -1.35. The first-order valence-electron chi connectivity index (χ1n) is 7.49. The number of hydrogen-bond acceptors (Lipinski definition) is 3. The van der Waals surface area contributed by atoms with Crippen LogP contribution in [0.3, 0.4) is 0 Å². The molecule has 1 aliphatic heterocycles. The van der Waals surface area contributed by atoms with Crippen molar-refractivity contribution in [1.82, 2.24) is 5.32 Å². The molecular formula is C17H25NO2. The van der Waals surface area contributed by atoms with E-state index in [1.807, 2.05) is 19.1 Å². The van der Waals surface area contributed by atoms with E-state index in [2.05, 4.69) is 18.3 Å². The minimum absolute atomic E-state index is 0.163. The van der Waals surface area contributed by atoms with Gasteiger partial charge in [-0.15, -0.1) is 0 Å². The maximum Gasteiger partial charge on any atom is 0.144 e. The van der Waals surface area contributed by atoms with Gasteiger partial charge in [0.05, 0.1) is 7.11 Å². The largest absolute Gasteiger partial charge is 0.496 e. The van der Waals surface area contributed by atoms with Gasteiger partial charge in [0.25, 0.3) is 0 Å². The van der Waals surface area contributed by atoms with E-state index in [0.29, 0.717) is 12.2 Å². The van der Waals surface area contributed by atoms with Crippen LogP contribution in [0.15, 0.2) is 18.2 Å². The van der Waals surface area contributed by atoms with E-state index < -0.39 is 0 Å². The molecule has 0 spiro atoms. The van der Waals surface area contributed by atoms with E-state index in [1.165, 1.54) is 5.56 Å². The average Bonchev–Trinajstić information content (AvgIpc) is 2.89. The molecule has 20 heavy (non-hydrogen) atoms. The average molecular weight is 275 g/mol. The topological polar surface area (TPSA) is 38.3 Å². The molecule has 1 aromatic carbocycles. The first-order chi connectivity index (χ1) is 9.61. The lowest BCUT2D eigenvalue weighted by molar-refractivity contribution is -0.127. The van der Waals surface area contributed by atoms with Gasteiger partial charge in [-0.05, 0) is 32.4 Å². The summed E-state index contributed by atoms with van der Waals surface area (Å²) >= 11 is 0. The summed E-state index contributed by atoms with van der Waals surface area (Å²) in [6, 6.07) is 6.04. The number of nitrogens with one attached hydrogen (secondary N) is 1. The Morgan fingerprint density at radius 2 is 2.25 bits per heavy atom. The Labute approximate surface area is 121 Å². The summed E-state index contributed by atoms with van der Waals surface area (Å²) in [4.78, 5) is 12.8. The van der Waals surface area contributed by atoms with Crippen LogP contribution in [0.5, 0.6) is 5.75 Å². The lowest BCUT2D eigenvalue weighted by Crippen LogP contribution is -2.34. The van der Waals surface area contributed by atoms with Crippen molar-refractivity contribution in [2.24, 2.45) is 5.41 Å². The normalized spacial score (nSPS) is 21.9. The molecule has 1 aliphatic rings. The number of carbonyl (C=O) groups is 1. The Bertz CT molecular complexity index is 476. The molecular weight excluding hydrogens is 250 g/mol. The molecule has 1 aromatic rings. The second-order valence-corrected chi connectivity index (χ2v) is 5.87. The zero-order chi connectivity index (χ0) is 14.6. The number of Topliss-reactive ketones (excluding diaryl/α,β-unsaturated/α-hetero) is 1. The Kier molecular flexibility index (Phi) is 4.81. The number of methoxy groups -OCH3 is 1. The Morgan fingerprint density at radius 1 is 1.45 bits per heavy atom. The minimum atomic E-state index is -0.163. The van der Waals surface area contributed by atoms with Crippen LogP contribution in [0.1, 0.15) is 37.3 Å². The van der Waals surface area contributed by atoms with Crippen molar-refractivity contribution in [1.29, 1.82) is 0 Å². The van der Waals surface area contributed by atoms with Crippen LogP contribution >= 0.6 is 0 Å². The highest BCUT2D eigenvalue weighted by molar-refractivity contribution is 5.88. The van der Waals surface area contributed by atoms with Gasteiger partial charge in [0.15, 0.2) is 0 Å². The van der Waals surface area contributed by atoms with Crippen LogP contribution in [-0.4, -0.2) is 26.0 Å². The van der Waals surface area contributed by atoms with Gasteiger partial charge in [-0.3, -0.25) is 4.79 Å². The molecule has 1 saturated heterocycles. The van der Waals surface area contributed by atoms with Crippen molar-refractivity contribution in [3.63, 3.8) is 0 Å². The minimum Gasteiger partial charge on any atom is -0.496 e. The highest BCUT2D eigenvalue weighted by Crippen LogP contribution is 2.34. The second kappa shape index (κ2) is 6.40. The monoisotopic (exact) mass is 275 g/mol. The number of ether oxygens (including phenoxy) is 1. The van der Waals surface area contributed by atoms with Gasteiger partial charge in [0, 0.05) is 23.9 Å². The van der Waals surface area contributed by atoms with Gasteiger partial charge in [-0.25, -0.2) is 0 Å². The van der Waals surface area contributed by atoms with Crippen molar-refractivity contribution in [2.75, 3.05) is 20.2 Å². The fourth-order valence-electron chi connectivity index (χ4n) is 3.22. The third-order valence-electron chi connectivity index (χ3n) is 4.35. The number of ketones is 1. The lowest BCUT2D eigenvalue weighted by Gasteiger charge is -2.26. The molecule has 0 aliphatic carbocycles. The maximum atomic E-state index is 12.8. The molecule has 2 rings (SSSR count). The predicted octanol–water partition coefficient (Wildman–Crippen LogP) is 2.90. The summed E-state index contributed by atoms with van der Waals surface area (Å²) in [6.07, 6.45) is 3.48. The lowest BCUT2D eigenvalue weighted by atomic mass is 9.76. The third-order valence-corrected chi connectivity index (χ3v) is 4.35. The first-order valence-corrected chi connectivity index (χ1v) is 7.49. The molecule has 1 heterocycles. The number of benzene rings is 1. The van der Waals surface area contributed by atoms with E-state index >= 15 is 0 Å². The third kappa shape index (κ3) is 3.04. The summed E-state index contributed by atoms with van der Waals surface area (Å²) < 4.78 is 5.39. The van der Waals surface area contributed by atoms with Crippen LogP contribution in [0.4, 0.5) is 0 Å². The molecule has 0 radical (unpaired) electrons. The van der Waals surface area contributed by atoms with Crippen LogP contribution < -0.4 is 10.1 Å². The number of rotatable bonds is 6. The summed E-state index contributed by atoms with van der Waals surface area (Å²) in [5, 5.41) is 3.35. The molecule has 0 saturated carbocycles. The molecule has 3 nitrogen and oxygen atoms in total. The van der Waals surface area contributed by atoms with Crippen molar-refractivity contribution >= 4 is 5.78 Å². The summed E-state index contributed by atoms with van der Waals surface area (Å²) in [5.74, 6) is 1.18. The van der Waals surface area contributed by atoms with Crippen LogP contribution in [0, 0.1) is 12.3 Å². The molecule has 1 N–H and O–H groups in total. The second-order valence-electron chi connectivity index (χ2n) is 5.87. The predicted molar refractivity (Wildman–Crippen MR) is 81.3 cm³/mol. The fraction of sp³-hybridized carbons (Fsp3) is 0.588. The molecule has 0 aromatic heterocycles. The highest BCUT2D eigenvalue weighted by atomic mass is 16.5. The SMILES string of the molecule is CCCC1(C(=O)Cc2cc(C)ccc2OC)CCNC1. The molecule has 1 unspecified atom stereocenters. The number of hydrogen-bond donors (Lipinski definition) is 1. The van der Waals surface area contributed by atoms with Crippen molar-refractivity contribution < 1.29 is 9.53 Å². The Morgan fingerprint density at radius 3 is 2.85 bits per heavy atom. The standard InChI is InChI=1S/C17H25NO2/c1-4-7-17(8-9-18-12-17)16(19)11-14-10-13(2)5-6-15(14)20-3/h5-6,10,18H,4,7-9,11-12H2,1-3H3. The highest BCUT2D eigenvalue weighted by Gasteiger charge is 2.39. The molecule has 1 fully saturated rings. The van der Waals surface area contributed by atoms with E-state index in [4.69, 9.17) is 4.74 Å². The maximum absolute atomic E-state index is 12.8. The van der Waals surface area contributed by atoms with Crippen LogP contribution in [-0.2, 0) is 11.2 Å². The van der Waals surface area contributed by atoms with Crippen LogP contribution in [0.25, 0.3) is 0 Å². The quantitative estimate of drug-likeness (QED) is 0.867. The van der Waals surface area contributed by atoms with Crippen molar-refractivity contribution in [3.05, 3.63) is 29.3 Å². The number of aryl methyl sites for hydroxylation is 1.